The first kappa shape index (κ1) is 14.1. The van der Waals surface area contributed by atoms with E-state index in [1.807, 2.05) is 0 Å². The fourth-order valence-corrected chi connectivity index (χ4v) is 2.08. The Labute approximate surface area is 121 Å². The van der Waals surface area contributed by atoms with Crippen molar-refractivity contribution in [2.75, 3.05) is 0 Å². The maximum Gasteiger partial charge on any atom is 0.435 e. The van der Waals surface area contributed by atoms with Crippen LogP contribution < -0.4 is 0 Å². The van der Waals surface area contributed by atoms with Crippen LogP contribution in [0.25, 0.3) is 16.6 Å². The number of aromatic nitrogens is 3. The summed E-state index contributed by atoms with van der Waals surface area (Å²) in [7, 11) is 0. The molecule has 5 nitrogen and oxygen atoms in total. The van der Waals surface area contributed by atoms with Crippen LogP contribution in [0.15, 0.2) is 42.7 Å². The molecule has 0 aliphatic carbocycles. The van der Waals surface area contributed by atoms with Gasteiger partial charge in [0.15, 0.2) is 5.69 Å². The molecule has 22 heavy (non-hydrogen) atoms. The van der Waals surface area contributed by atoms with Gasteiger partial charge in [-0.3, -0.25) is 4.98 Å². The molecule has 0 saturated heterocycles. The summed E-state index contributed by atoms with van der Waals surface area (Å²) in [5.74, 6) is -1.14. The Kier molecular flexibility index (Phi) is 3.09. The van der Waals surface area contributed by atoms with Gasteiger partial charge >= 0.3 is 12.1 Å². The molecule has 0 spiro atoms. The van der Waals surface area contributed by atoms with E-state index in [1.54, 1.807) is 0 Å². The molecular weight excluding hydrogens is 299 g/mol. The summed E-state index contributed by atoms with van der Waals surface area (Å²) in [4.78, 5) is 15.2. The minimum absolute atomic E-state index is 0.0232. The maximum absolute atomic E-state index is 12.6. The monoisotopic (exact) mass is 307 g/mol. The van der Waals surface area contributed by atoms with E-state index in [-0.39, 0.29) is 5.56 Å². The number of halogens is 3. The molecule has 0 atom stereocenters. The van der Waals surface area contributed by atoms with Crippen molar-refractivity contribution in [1.29, 1.82) is 0 Å². The molecule has 0 bridgehead atoms. The first-order chi connectivity index (χ1) is 10.4. The largest absolute Gasteiger partial charge is 0.478 e. The van der Waals surface area contributed by atoms with Gasteiger partial charge < -0.3 is 5.11 Å². The molecule has 1 aromatic carbocycles. The number of fused-ring (bicyclic) bond motifs is 1. The minimum Gasteiger partial charge on any atom is -0.478 e. The standard InChI is InChI=1S/C14H8F3N3O2/c15-14(16,17)12-4-6-20(19-12)8-1-2-11-10(7-8)9(13(21)22)3-5-18-11/h1-7H,(H,21,22). The van der Waals surface area contributed by atoms with Gasteiger partial charge in [0.1, 0.15) is 0 Å². The number of rotatable bonds is 2. The molecule has 112 valence electrons. The van der Waals surface area contributed by atoms with Crippen LogP contribution in [-0.2, 0) is 6.18 Å². The summed E-state index contributed by atoms with van der Waals surface area (Å²) in [5, 5.41) is 12.9. The first-order valence-corrected chi connectivity index (χ1v) is 6.11. The molecule has 3 rings (SSSR count). The Morgan fingerprint density at radius 2 is 1.95 bits per heavy atom. The molecule has 0 fully saturated rings. The van der Waals surface area contributed by atoms with E-state index in [1.165, 1.54) is 36.7 Å². The molecule has 3 aromatic rings. The zero-order chi connectivity index (χ0) is 15.9. The van der Waals surface area contributed by atoms with Gasteiger partial charge in [0.25, 0.3) is 0 Å². The Morgan fingerprint density at radius 1 is 1.18 bits per heavy atom. The molecule has 0 amide bonds. The summed E-state index contributed by atoms with van der Waals surface area (Å²) >= 11 is 0. The zero-order valence-corrected chi connectivity index (χ0v) is 10.9. The van der Waals surface area contributed by atoms with Gasteiger partial charge in [0, 0.05) is 17.8 Å². The zero-order valence-electron chi connectivity index (χ0n) is 10.9. The van der Waals surface area contributed by atoms with E-state index in [0.717, 1.165) is 10.7 Å². The highest BCUT2D eigenvalue weighted by Gasteiger charge is 2.33. The highest BCUT2D eigenvalue weighted by Crippen LogP contribution is 2.28. The molecule has 0 saturated carbocycles. The summed E-state index contributed by atoms with van der Waals surface area (Å²) in [5.41, 5.74) is -0.238. The third-order valence-corrected chi connectivity index (χ3v) is 3.10. The smallest absolute Gasteiger partial charge is 0.435 e. The number of aromatic carboxylic acids is 1. The van der Waals surface area contributed by atoms with E-state index in [4.69, 9.17) is 5.11 Å². The van der Waals surface area contributed by atoms with Gasteiger partial charge in [0.05, 0.1) is 16.8 Å². The van der Waals surface area contributed by atoms with Crippen LogP contribution in [0.5, 0.6) is 0 Å². The lowest BCUT2D eigenvalue weighted by atomic mass is 10.1. The van der Waals surface area contributed by atoms with Crippen molar-refractivity contribution >= 4 is 16.9 Å². The van der Waals surface area contributed by atoms with Crippen molar-refractivity contribution in [1.82, 2.24) is 14.8 Å². The number of hydrogen-bond donors (Lipinski definition) is 1. The van der Waals surface area contributed by atoms with Crippen LogP contribution in [0.2, 0.25) is 0 Å². The van der Waals surface area contributed by atoms with E-state index in [2.05, 4.69) is 10.1 Å². The molecule has 8 heteroatoms. The lowest BCUT2D eigenvalue weighted by Gasteiger charge is -2.06. The number of benzene rings is 1. The lowest BCUT2D eigenvalue weighted by molar-refractivity contribution is -0.141. The van der Waals surface area contributed by atoms with Gasteiger partial charge in [-0.2, -0.15) is 18.3 Å². The summed E-state index contributed by atoms with van der Waals surface area (Å²) in [6, 6.07) is 6.68. The fraction of sp³-hybridized carbons (Fsp3) is 0.0714. The molecule has 0 aliphatic heterocycles. The SMILES string of the molecule is O=C(O)c1ccnc2ccc(-n3ccc(C(F)(F)F)n3)cc12. The fourth-order valence-electron chi connectivity index (χ4n) is 2.08. The lowest BCUT2D eigenvalue weighted by Crippen LogP contribution is -2.07. The molecule has 1 N–H and O–H groups in total. The molecule has 0 radical (unpaired) electrons. The van der Waals surface area contributed by atoms with E-state index in [9.17, 15) is 18.0 Å². The van der Waals surface area contributed by atoms with Crippen LogP contribution >= 0.6 is 0 Å². The average Bonchev–Trinajstić information content (AvgIpc) is 2.95. The van der Waals surface area contributed by atoms with E-state index in [0.29, 0.717) is 16.6 Å². The van der Waals surface area contributed by atoms with Crippen molar-refractivity contribution in [2.45, 2.75) is 6.18 Å². The number of hydrogen-bond acceptors (Lipinski definition) is 3. The maximum atomic E-state index is 12.6. The summed E-state index contributed by atoms with van der Waals surface area (Å²) in [6.07, 6.45) is -2.00. The van der Waals surface area contributed by atoms with Crippen LogP contribution in [0.1, 0.15) is 16.1 Å². The van der Waals surface area contributed by atoms with Crippen LogP contribution in [-0.4, -0.2) is 25.8 Å². The van der Waals surface area contributed by atoms with E-state index >= 15 is 0 Å². The number of carbonyl (C=O) groups is 1. The Balaban J connectivity index is 2.14. The van der Waals surface area contributed by atoms with Crippen molar-refractivity contribution < 1.29 is 23.1 Å². The Bertz CT molecular complexity index is 871. The van der Waals surface area contributed by atoms with E-state index < -0.39 is 17.8 Å². The Morgan fingerprint density at radius 3 is 2.59 bits per heavy atom. The third kappa shape index (κ3) is 2.39. The van der Waals surface area contributed by atoms with Crippen LogP contribution in [0.4, 0.5) is 13.2 Å². The van der Waals surface area contributed by atoms with Gasteiger partial charge in [0.2, 0.25) is 0 Å². The number of pyridine rings is 1. The molecule has 0 aliphatic rings. The molecular formula is C14H8F3N3O2. The van der Waals surface area contributed by atoms with Gasteiger partial charge in [-0.05, 0) is 30.3 Å². The molecule has 2 heterocycles. The van der Waals surface area contributed by atoms with Crippen LogP contribution in [0.3, 0.4) is 0 Å². The predicted molar refractivity (Wildman–Crippen MR) is 70.8 cm³/mol. The number of carboxylic acids is 1. The summed E-state index contributed by atoms with van der Waals surface area (Å²) in [6.45, 7) is 0. The topological polar surface area (TPSA) is 68.0 Å². The minimum atomic E-state index is -4.53. The second-order valence-corrected chi connectivity index (χ2v) is 4.51. The first-order valence-electron chi connectivity index (χ1n) is 6.11. The number of nitrogens with zero attached hydrogens (tertiary/aromatic N) is 3. The normalized spacial score (nSPS) is 11.8. The number of alkyl halides is 3. The highest BCUT2D eigenvalue weighted by molar-refractivity contribution is 6.02. The van der Waals surface area contributed by atoms with Crippen molar-refractivity contribution in [3.8, 4) is 5.69 Å². The van der Waals surface area contributed by atoms with Crippen molar-refractivity contribution in [3.63, 3.8) is 0 Å². The van der Waals surface area contributed by atoms with Gasteiger partial charge in [-0.25, -0.2) is 9.48 Å². The Hall–Kier alpha value is -2.90. The quantitative estimate of drug-likeness (QED) is 0.789. The third-order valence-electron chi connectivity index (χ3n) is 3.10. The second-order valence-electron chi connectivity index (χ2n) is 4.51. The summed E-state index contributed by atoms with van der Waals surface area (Å²) < 4.78 is 38.8. The van der Waals surface area contributed by atoms with Crippen molar-refractivity contribution in [2.24, 2.45) is 0 Å². The second kappa shape index (κ2) is 4.83. The average molecular weight is 307 g/mol. The highest BCUT2D eigenvalue weighted by atomic mass is 19.4. The molecule has 2 aromatic heterocycles. The van der Waals surface area contributed by atoms with Gasteiger partial charge in [-0.15, -0.1) is 0 Å². The number of carboxylic acid groups (broad SMARTS) is 1. The van der Waals surface area contributed by atoms with Crippen LogP contribution in [0, 0.1) is 0 Å². The van der Waals surface area contributed by atoms with Gasteiger partial charge in [-0.1, -0.05) is 0 Å². The van der Waals surface area contributed by atoms with Crippen molar-refractivity contribution in [3.05, 3.63) is 54.0 Å². The predicted octanol–water partition coefficient (Wildman–Crippen LogP) is 3.14. The molecule has 0 unspecified atom stereocenters.